The lowest BCUT2D eigenvalue weighted by Crippen LogP contribution is -2.37. The van der Waals surface area contributed by atoms with Crippen LogP contribution in [0.5, 0.6) is 11.5 Å². The summed E-state index contributed by atoms with van der Waals surface area (Å²) in [7, 11) is 0. The molecule has 166 valence electrons. The number of hydrogen-bond donors (Lipinski definition) is 1. The van der Waals surface area contributed by atoms with E-state index in [9.17, 15) is 13.6 Å². The molecule has 8 heteroatoms. The topological polar surface area (TPSA) is 65.4 Å². The average Bonchev–Trinajstić information content (AvgIpc) is 3.50. The third-order valence-corrected chi connectivity index (χ3v) is 6.14. The summed E-state index contributed by atoms with van der Waals surface area (Å²) in [6.45, 7) is 4.67. The van der Waals surface area contributed by atoms with Gasteiger partial charge >= 0.3 is 0 Å². The Morgan fingerprint density at radius 1 is 1.09 bits per heavy atom. The maximum atomic E-state index is 13.8. The molecule has 2 aliphatic rings. The number of fused-ring (bicyclic) bond motifs is 2. The van der Waals surface area contributed by atoms with Gasteiger partial charge in [0.25, 0.3) is 5.91 Å². The van der Waals surface area contributed by atoms with Gasteiger partial charge in [-0.3, -0.25) is 4.79 Å². The van der Waals surface area contributed by atoms with Crippen LogP contribution in [0.3, 0.4) is 0 Å². The number of nitrogens with zero attached hydrogens (tertiary/aromatic N) is 2. The number of aromatic nitrogens is 2. The maximum Gasteiger partial charge on any atom is 0.272 e. The summed E-state index contributed by atoms with van der Waals surface area (Å²) in [4.78, 5) is 13.1. The molecular formula is C24H23F2N3O3. The van der Waals surface area contributed by atoms with Crippen molar-refractivity contribution in [2.24, 2.45) is 0 Å². The maximum absolute atomic E-state index is 13.8. The fourth-order valence-electron chi connectivity index (χ4n) is 4.25. The molecule has 2 aromatic carbocycles. The Labute approximate surface area is 184 Å². The molecule has 0 saturated heterocycles. The van der Waals surface area contributed by atoms with Crippen LogP contribution in [0.15, 0.2) is 36.4 Å². The van der Waals surface area contributed by atoms with Crippen LogP contribution >= 0.6 is 0 Å². The molecule has 0 unspecified atom stereocenters. The van der Waals surface area contributed by atoms with Gasteiger partial charge in [-0.2, -0.15) is 5.10 Å². The Hall–Kier alpha value is -3.42. The van der Waals surface area contributed by atoms with E-state index in [0.29, 0.717) is 29.4 Å². The predicted octanol–water partition coefficient (Wildman–Crippen LogP) is 4.08. The zero-order valence-corrected chi connectivity index (χ0v) is 17.9. The van der Waals surface area contributed by atoms with Crippen molar-refractivity contribution >= 4 is 5.91 Å². The first kappa shape index (κ1) is 20.5. The normalized spacial score (nSPS) is 14.5. The van der Waals surface area contributed by atoms with Gasteiger partial charge in [0, 0.05) is 29.3 Å². The molecule has 2 heterocycles. The van der Waals surface area contributed by atoms with Gasteiger partial charge in [-0.25, -0.2) is 13.5 Å². The lowest BCUT2D eigenvalue weighted by Gasteiger charge is -2.25. The molecule has 6 nitrogen and oxygen atoms in total. The van der Waals surface area contributed by atoms with Crippen molar-refractivity contribution in [3.05, 3.63) is 70.5 Å². The summed E-state index contributed by atoms with van der Waals surface area (Å²) in [5, 5.41) is 7.47. The predicted molar refractivity (Wildman–Crippen MR) is 113 cm³/mol. The van der Waals surface area contributed by atoms with E-state index in [-0.39, 0.29) is 18.1 Å². The first-order valence-electron chi connectivity index (χ1n) is 10.6. The molecule has 32 heavy (non-hydrogen) atoms. The van der Waals surface area contributed by atoms with Crippen molar-refractivity contribution in [1.29, 1.82) is 0 Å². The highest BCUT2D eigenvalue weighted by molar-refractivity contribution is 5.94. The Balaban J connectivity index is 1.37. The zero-order valence-electron chi connectivity index (χ0n) is 17.9. The first-order valence-corrected chi connectivity index (χ1v) is 10.6. The van der Waals surface area contributed by atoms with Crippen LogP contribution in [0.25, 0.3) is 5.69 Å². The molecular weight excluding hydrogens is 416 g/mol. The molecule has 0 saturated carbocycles. The number of halogens is 2. The summed E-state index contributed by atoms with van der Waals surface area (Å²) >= 11 is 0. The number of amides is 1. The van der Waals surface area contributed by atoms with E-state index in [2.05, 4.69) is 10.4 Å². The standard InChI is InChI=1S/C24H23F2N3O3/c1-24(2,14-6-9-20-21(10-14)32-13-31-20)12-27-23(30)22-16-4-3-5-19(16)29(28-22)15-7-8-17(25)18(26)11-15/h6-11H,3-5,12-13H2,1-2H3,(H,27,30). The third-order valence-electron chi connectivity index (χ3n) is 6.14. The van der Waals surface area contributed by atoms with Gasteiger partial charge in [-0.15, -0.1) is 0 Å². The van der Waals surface area contributed by atoms with Gasteiger partial charge in [-0.05, 0) is 49.1 Å². The largest absolute Gasteiger partial charge is 0.454 e. The number of benzene rings is 2. The minimum atomic E-state index is -0.943. The van der Waals surface area contributed by atoms with Crippen LogP contribution < -0.4 is 14.8 Å². The molecule has 0 spiro atoms. The fraction of sp³-hybridized carbons (Fsp3) is 0.333. The first-order chi connectivity index (χ1) is 15.3. The van der Waals surface area contributed by atoms with Crippen LogP contribution in [0.4, 0.5) is 8.78 Å². The molecule has 1 aromatic heterocycles. The Morgan fingerprint density at radius 3 is 2.72 bits per heavy atom. The number of carbonyl (C=O) groups is 1. The van der Waals surface area contributed by atoms with Crippen LogP contribution in [0.2, 0.25) is 0 Å². The highest BCUT2D eigenvalue weighted by Gasteiger charge is 2.29. The van der Waals surface area contributed by atoms with E-state index in [1.165, 1.54) is 6.07 Å². The van der Waals surface area contributed by atoms with Gasteiger partial charge in [0.15, 0.2) is 28.8 Å². The molecule has 1 N–H and O–H groups in total. The molecule has 0 radical (unpaired) electrons. The van der Waals surface area contributed by atoms with Crippen LogP contribution in [-0.4, -0.2) is 29.0 Å². The van der Waals surface area contributed by atoms with Gasteiger partial charge in [0.05, 0.1) is 5.69 Å². The van der Waals surface area contributed by atoms with Gasteiger partial charge in [-0.1, -0.05) is 19.9 Å². The smallest absolute Gasteiger partial charge is 0.272 e. The van der Waals surface area contributed by atoms with E-state index in [0.717, 1.165) is 48.2 Å². The summed E-state index contributed by atoms with van der Waals surface area (Å²) in [5.41, 5.74) is 3.14. The second kappa shape index (κ2) is 7.62. The third kappa shape index (κ3) is 3.49. The van der Waals surface area contributed by atoms with E-state index >= 15 is 0 Å². The Kier molecular flexibility index (Phi) is 4.87. The Morgan fingerprint density at radius 2 is 1.91 bits per heavy atom. The SMILES string of the molecule is CC(C)(CNC(=O)c1nn(-c2ccc(F)c(F)c2)c2c1CCC2)c1ccc2c(c1)OCO2. The van der Waals surface area contributed by atoms with Crippen molar-refractivity contribution in [3.8, 4) is 17.2 Å². The molecule has 1 amide bonds. The van der Waals surface area contributed by atoms with Crippen molar-refractivity contribution in [1.82, 2.24) is 15.1 Å². The lowest BCUT2D eigenvalue weighted by atomic mass is 9.84. The van der Waals surface area contributed by atoms with Crippen molar-refractivity contribution < 1.29 is 23.0 Å². The quantitative estimate of drug-likeness (QED) is 0.651. The second-order valence-corrected chi connectivity index (χ2v) is 8.77. The monoisotopic (exact) mass is 439 g/mol. The summed E-state index contributed by atoms with van der Waals surface area (Å²) in [6.07, 6.45) is 2.35. The number of hydrogen-bond acceptors (Lipinski definition) is 4. The highest BCUT2D eigenvalue weighted by Crippen LogP contribution is 2.36. The molecule has 1 aliphatic heterocycles. The summed E-state index contributed by atoms with van der Waals surface area (Å²) in [5.74, 6) is -0.724. The molecule has 1 aliphatic carbocycles. The molecule has 5 rings (SSSR count). The lowest BCUT2D eigenvalue weighted by molar-refractivity contribution is 0.0939. The van der Waals surface area contributed by atoms with Crippen LogP contribution in [0, 0.1) is 11.6 Å². The summed E-state index contributed by atoms with van der Waals surface area (Å²) < 4.78 is 39.5. The second-order valence-electron chi connectivity index (χ2n) is 8.77. The fourth-order valence-corrected chi connectivity index (χ4v) is 4.25. The van der Waals surface area contributed by atoms with Gasteiger partial charge < -0.3 is 14.8 Å². The van der Waals surface area contributed by atoms with Crippen LogP contribution in [0.1, 0.15) is 47.6 Å². The molecule has 0 atom stereocenters. The minimum absolute atomic E-state index is 0.210. The number of nitrogens with one attached hydrogen (secondary N) is 1. The number of rotatable bonds is 5. The minimum Gasteiger partial charge on any atom is -0.454 e. The molecule has 3 aromatic rings. The summed E-state index contributed by atoms with van der Waals surface area (Å²) in [6, 6.07) is 9.41. The van der Waals surface area contributed by atoms with Crippen LogP contribution in [-0.2, 0) is 18.3 Å². The van der Waals surface area contributed by atoms with E-state index in [1.807, 2.05) is 32.0 Å². The van der Waals surface area contributed by atoms with E-state index in [1.54, 1.807) is 4.68 Å². The average molecular weight is 439 g/mol. The molecule has 0 fully saturated rings. The van der Waals surface area contributed by atoms with Crippen molar-refractivity contribution in [2.75, 3.05) is 13.3 Å². The number of ether oxygens (including phenoxy) is 2. The molecule has 0 bridgehead atoms. The van der Waals surface area contributed by atoms with E-state index < -0.39 is 11.6 Å². The van der Waals surface area contributed by atoms with Crippen molar-refractivity contribution in [3.63, 3.8) is 0 Å². The van der Waals surface area contributed by atoms with Gasteiger partial charge in [0.1, 0.15) is 0 Å². The zero-order chi connectivity index (χ0) is 22.5. The number of carbonyl (C=O) groups excluding carboxylic acids is 1. The van der Waals surface area contributed by atoms with Crippen molar-refractivity contribution in [2.45, 2.75) is 38.5 Å². The Bertz CT molecular complexity index is 1220. The van der Waals surface area contributed by atoms with Gasteiger partial charge in [0.2, 0.25) is 6.79 Å². The van der Waals surface area contributed by atoms with E-state index in [4.69, 9.17) is 9.47 Å². The highest BCUT2D eigenvalue weighted by atomic mass is 19.2.